The van der Waals surface area contributed by atoms with E-state index < -0.39 is 0 Å². The molecule has 27 heavy (non-hydrogen) atoms. The smallest absolute Gasteiger partial charge is 0.135 e. The average molecular weight is 389 g/mol. The third kappa shape index (κ3) is 4.71. The number of aliphatic hydroxyl groups excluding tert-OH is 1. The molecular weight excluding hydrogens is 360 g/mol. The Labute approximate surface area is 166 Å². The molecule has 0 unspecified atom stereocenters. The summed E-state index contributed by atoms with van der Waals surface area (Å²) in [4.78, 5) is 11.8. The topological polar surface area (TPSA) is 61.3 Å². The maximum absolute atomic E-state index is 9.66. The molecule has 0 radical (unpaired) electrons. The number of aromatic nitrogens is 2. The maximum atomic E-state index is 9.66. The lowest BCUT2D eigenvalue weighted by atomic mass is 10.00. The van der Waals surface area contributed by atoms with Crippen molar-refractivity contribution in [1.82, 2.24) is 9.97 Å². The van der Waals surface area contributed by atoms with Gasteiger partial charge in [-0.1, -0.05) is 45.4 Å². The molecule has 2 aromatic rings. The zero-order chi connectivity index (χ0) is 19.6. The fraction of sp³-hybridized carbons (Fsp3) is 0.524. The molecule has 0 saturated carbocycles. The molecule has 1 atom stereocenters. The molecule has 0 saturated heterocycles. The summed E-state index contributed by atoms with van der Waals surface area (Å²) < 4.78 is 0. The van der Waals surface area contributed by atoms with Crippen LogP contribution >= 0.6 is 11.6 Å². The van der Waals surface area contributed by atoms with Crippen LogP contribution in [0.3, 0.4) is 0 Å². The molecule has 6 heteroatoms. The van der Waals surface area contributed by atoms with E-state index in [0.29, 0.717) is 5.92 Å². The quantitative estimate of drug-likeness (QED) is 0.774. The molecule has 3 rings (SSSR count). The fourth-order valence-corrected chi connectivity index (χ4v) is 3.47. The maximum Gasteiger partial charge on any atom is 0.135 e. The number of anilines is 2. The second-order valence-electron chi connectivity index (χ2n) is 7.89. The van der Waals surface area contributed by atoms with E-state index >= 15 is 0 Å². The molecule has 0 amide bonds. The normalized spacial score (nSPS) is 15.2. The highest BCUT2D eigenvalue weighted by Crippen LogP contribution is 2.28. The van der Waals surface area contributed by atoms with E-state index in [2.05, 4.69) is 55.0 Å². The lowest BCUT2D eigenvalue weighted by Crippen LogP contribution is -2.32. The van der Waals surface area contributed by atoms with Crippen LogP contribution in [-0.4, -0.2) is 34.3 Å². The largest absolute Gasteiger partial charge is 0.394 e. The van der Waals surface area contributed by atoms with Gasteiger partial charge in [0.25, 0.3) is 0 Å². The molecule has 1 aliphatic heterocycles. The van der Waals surface area contributed by atoms with Crippen molar-refractivity contribution in [3.8, 4) is 0 Å². The van der Waals surface area contributed by atoms with Crippen LogP contribution in [0.2, 0.25) is 5.02 Å². The highest BCUT2D eigenvalue weighted by molar-refractivity contribution is 6.30. The summed E-state index contributed by atoms with van der Waals surface area (Å²) in [6.45, 7) is 10.2. The van der Waals surface area contributed by atoms with Crippen LogP contribution < -0.4 is 10.2 Å². The summed E-state index contributed by atoms with van der Waals surface area (Å²) in [6, 6.07) is 8.09. The number of nitrogens with one attached hydrogen (secondary N) is 1. The van der Waals surface area contributed by atoms with Crippen molar-refractivity contribution in [3.05, 3.63) is 46.2 Å². The van der Waals surface area contributed by atoms with Gasteiger partial charge in [0.05, 0.1) is 12.6 Å². The van der Waals surface area contributed by atoms with Crippen LogP contribution in [0, 0.1) is 5.92 Å². The van der Waals surface area contributed by atoms with Gasteiger partial charge in [0.1, 0.15) is 17.5 Å². The molecule has 0 fully saturated rings. The van der Waals surface area contributed by atoms with Gasteiger partial charge in [-0.15, -0.1) is 0 Å². The number of hydrogen-bond acceptors (Lipinski definition) is 5. The molecule has 5 nitrogen and oxygen atoms in total. The lowest BCUT2D eigenvalue weighted by Gasteiger charge is -2.31. The molecule has 146 valence electrons. The molecule has 0 bridgehead atoms. The first-order chi connectivity index (χ1) is 12.9. The van der Waals surface area contributed by atoms with Gasteiger partial charge >= 0.3 is 0 Å². The first-order valence-corrected chi connectivity index (χ1v) is 10.0. The molecule has 1 aliphatic rings. The Hall–Kier alpha value is -1.85. The summed E-state index contributed by atoms with van der Waals surface area (Å²) in [6.07, 6.45) is 0.949. The number of hydrogen-bond donors (Lipinski definition) is 2. The van der Waals surface area contributed by atoms with Crippen LogP contribution in [0.25, 0.3) is 0 Å². The van der Waals surface area contributed by atoms with Gasteiger partial charge in [0.15, 0.2) is 0 Å². The predicted octanol–water partition coefficient (Wildman–Crippen LogP) is 4.24. The van der Waals surface area contributed by atoms with Gasteiger partial charge < -0.3 is 15.3 Å². The van der Waals surface area contributed by atoms with Crippen LogP contribution in [0.4, 0.5) is 11.6 Å². The summed E-state index contributed by atoms with van der Waals surface area (Å²) in [5, 5.41) is 13.8. The number of nitrogens with zero attached hydrogens (tertiary/aromatic N) is 3. The predicted molar refractivity (Wildman–Crippen MR) is 112 cm³/mol. The number of benzene rings is 1. The van der Waals surface area contributed by atoms with Crippen molar-refractivity contribution in [2.24, 2.45) is 5.92 Å². The molecule has 1 aromatic heterocycles. The first-order valence-electron chi connectivity index (χ1n) is 9.66. The summed E-state index contributed by atoms with van der Waals surface area (Å²) in [5.74, 6) is 3.06. The Morgan fingerprint density at radius 3 is 2.59 bits per heavy atom. The molecule has 2 N–H and O–H groups in total. The second kappa shape index (κ2) is 8.44. The Morgan fingerprint density at radius 2 is 1.93 bits per heavy atom. The molecule has 0 aliphatic carbocycles. The minimum atomic E-state index is -0.0306. The van der Waals surface area contributed by atoms with Crippen molar-refractivity contribution in [2.75, 3.05) is 23.4 Å². The Morgan fingerprint density at radius 1 is 1.15 bits per heavy atom. The van der Waals surface area contributed by atoms with E-state index in [0.717, 1.165) is 42.0 Å². The average Bonchev–Trinajstić information content (AvgIpc) is 2.65. The Kier molecular flexibility index (Phi) is 6.22. The highest BCUT2D eigenvalue weighted by Gasteiger charge is 2.21. The fourth-order valence-electron chi connectivity index (χ4n) is 3.28. The van der Waals surface area contributed by atoms with Crippen LogP contribution in [0.1, 0.15) is 50.6 Å². The van der Waals surface area contributed by atoms with E-state index in [1.54, 1.807) is 0 Å². The van der Waals surface area contributed by atoms with Gasteiger partial charge in [-0.25, -0.2) is 9.97 Å². The van der Waals surface area contributed by atoms with Crippen molar-refractivity contribution < 1.29 is 5.11 Å². The van der Waals surface area contributed by atoms with E-state index in [9.17, 15) is 5.11 Å². The van der Waals surface area contributed by atoms with Crippen molar-refractivity contribution in [1.29, 1.82) is 0 Å². The number of halogens is 1. The summed E-state index contributed by atoms with van der Waals surface area (Å²) in [5.41, 5.74) is 2.61. The van der Waals surface area contributed by atoms with Gasteiger partial charge in [-0.05, 0) is 35.6 Å². The third-order valence-corrected chi connectivity index (χ3v) is 5.32. The second-order valence-corrected chi connectivity index (χ2v) is 8.32. The third-order valence-electron chi connectivity index (χ3n) is 5.09. The molecule has 2 heterocycles. The van der Waals surface area contributed by atoms with Gasteiger partial charge in [0.2, 0.25) is 0 Å². The number of rotatable bonds is 6. The zero-order valence-corrected chi connectivity index (χ0v) is 17.3. The van der Waals surface area contributed by atoms with Gasteiger partial charge in [-0.3, -0.25) is 0 Å². The van der Waals surface area contributed by atoms with Crippen LogP contribution in [0.15, 0.2) is 24.3 Å². The minimum absolute atomic E-state index is 0.0306. The van der Waals surface area contributed by atoms with Crippen LogP contribution in [0.5, 0.6) is 0 Å². The first kappa shape index (κ1) is 19.9. The number of fused-ring (bicyclic) bond motifs is 1. The summed E-state index contributed by atoms with van der Waals surface area (Å²) >= 11 is 6.13. The minimum Gasteiger partial charge on any atom is -0.394 e. The van der Waals surface area contributed by atoms with E-state index in [-0.39, 0.29) is 18.6 Å². The van der Waals surface area contributed by atoms with Crippen molar-refractivity contribution in [3.63, 3.8) is 0 Å². The van der Waals surface area contributed by atoms with E-state index in [1.165, 1.54) is 11.1 Å². The van der Waals surface area contributed by atoms with E-state index in [4.69, 9.17) is 16.6 Å². The van der Waals surface area contributed by atoms with Gasteiger partial charge in [0, 0.05) is 30.1 Å². The lowest BCUT2D eigenvalue weighted by molar-refractivity contribution is 0.249. The Bertz CT molecular complexity index is 794. The monoisotopic (exact) mass is 388 g/mol. The SMILES string of the molecule is CC(C)c1nc(N[C@H](CO)C(C)C)cc(N2CCc3cc(Cl)ccc3C2)n1. The molecule has 0 spiro atoms. The van der Waals surface area contributed by atoms with E-state index in [1.807, 2.05) is 12.1 Å². The standard InChI is InChI=1S/C21H29ClN4O/c1-13(2)18(12-27)23-19-10-20(25-21(24-19)14(3)4)26-8-7-15-9-17(22)6-5-16(15)11-26/h5-6,9-10,13-14,18,27H,7-8,11-12H2,1-4H3,(H,23,24,25)/t18-/m1/s1. The summed E-state index contributed by atoms with van der Waals surface area (Å²) in [7, 11) is 0. The van der Waals surface area contributed by atoms with Gasteiger partial charge in [-0.2, -0.15) is 0 Å². The van der Waals surface area contributed by atoms with Crippen molar-refractivity contribution in [2.45, 2.75) is 52.6 Å². The van der Waals surface area contributed by atoms with Crippen LogP contribution in [-0.2, 0) is 13.0 Å². The molecular formula is C21H29ClN4O. The Balaban J connectivity index is 1.89. The zero-order valence-electron chi connectivity index (χ0n) is 16.5. The van der Waals surface area contributed by atoms with Crippen molar-refractivity contribution >= 4 is 23.2 Å². The number of aliphatic hydroxyl groups is 1. The highest BCUT2D eigenvalue weighted by atomic mass is 35.5. The molecule has 1 aromatic carbocycles.